The topological polar surface area (TPSA) is 53.9 Å². The van der Waals surface area contributed by atoms with Crippen molar-refractivity contribution in [1.82, 2.24) is 10.2 Å². The van der Waals surface area contributed by atoms with Gasteiger partial charge in [0.15, 0.2) is 6.54 Å². The number of hydrogen-bond donors (Lipinski definition) is 2. The maximum absolute atomic E-state index is 12.4. The van der Waals surface area contributed by atoms with Gasteiger partial charge in [-0.05, 0) is 43.5 Å². The largest absolute Gasteiger partial charge is 0.351 e. The number of carbonyl (C=O) groups excluding carboxylic acids is 2. The van der Waals surface area contributed by atoms with Gasteiger partial charge in [0.2, 0.25) is 5.91 Å². The first-order valence-electron chi connectivity index (χ1n) is 9.57. The summed E-state index contributed by atoms with van der Waals surface area (Å²) in [6.07, 6.45) is 2.12. The minimum absolute atomic E-state index is 0.124. The Balaban J connectivity index is 1.69. The van der Waals surface area contributed by atoms with Crippen molar-refractivity contribution in [2.24, 2.45) is 0 Å². The summed E-state index contributed by atoms with van der Waals surface area (Å²) in [4.78, 5) is 28.7. The van der Waals surface area contributed by atoms with E-state index in [4.69, 9.17) is 0 Å². The first kappa shape index (κ1) is 20.8. The van der Waals surface area contributed by atoms with Gasteiger partial charge in [-0.1, -0.05) is 19.4 Å². The van der Waals surface area contributed by atoms with Gasteiger partial charge >= 0.3 is 0 Å². The van der Waals surface area contributed by atoms with Crippen LogP contribution in [0.5, 0.6) is 0 Å². The minimum Gasteiger partial charge on any atom is -0.351 e. The minimum atomic E-state index is 0.124. The Morgan fingerprint density at radius 1 is 1.19 bits per heavy atom. The summed E-state index contributed by atoms with van der Waals surface area (Å²) in [6, 6.07) is 6.34. The zero-order valence-electron chi connectivity index (χ0n) is 16.3. The molecule has 1 saturated heterocycles. The molecule has 1 aliphatic heterocycles. The standard InChI is InChI=1S/C20H31N3O2S/c1-4-5-8-21-19(24)14-22-9-11-23(12-10-22)20(25)15-26-18-7-6-16(2)17(3)13-18/h6-7,13H,4-5,8-12,14-15H2,1-3H3,(H,21,24)/p+1. The number of nitrogens with zero attached hydrogens (tertiary/aromatic N) is 1. The van der Waals surface area contributed by atoms with Crippen molar-refractivity contribution in [3.05, 3.63) is 29.3 Å². The van der Waals surface area contributed by atoms with E-state index in [1.165, 1.54) is 16.0 Å². The molecule has 0 radical (unpaired) electrons. The lowest BCUT2D eigenvalue weighted by atomic mass is 10.1. The molecule has 1 aliphatic rings. The monoisotopic (exact) mass is 378 g/mol. The summed E-state index contributed by atoms with van der Waals surface area (Å²) >= 11 is 1.61. The van der Waals surface area contributed by atoms with Crippen LogP contribution in [0.3, 0.4) is 0 Å². The second-order valence-corrected chi connectivity index (χ2v) is 8.09. The number of benzene rings is 1. The van der Waals surface area contributed by atoms with Crippen LogP contribution in [0.1, 0.15) is 30.9 Å². The van der Waals surface area contributed by atoms with Gasteiger partial charge in [0.25, 0.3) is 5.91 Å². The molecule has 0 saturated carbocycles. The molecule has 144 valence electrons. The van der Waals surface area contributed by atoms with Crippen LogP contribution in [0.4, 0.5) is 0 Å². The molecule has 26 heavy (non-hydrogen) atoms. The van der Waals surface area contributed by atoms with Crippen LogP contribution in [0, 0.1) is 13.8 Å². The molecule has 0 spiro atoms. The van der Waals surface area contributed by atoms with E-state index in [1.54, 1.807) is 11.8 Å². The van der Waals surface area contributed by atoms with E-state index < -0.39 is 0 Å². The normalized spacial score (nSPS) is 15.1. The van der Waals surface area contributed by atoms with E-state index in [-0.39, 0.29) is 11.8 Å². The van der Waals surface area contributed by atoms with Gasteiger partial charge in [0, 0.05) is 11.4 Å². The summed E-state index contributed by atoms with van der Waals surface area (Å²) in [5.41, 5.74) is 2.54. The van der Waals surface area contributed by atoms with Gasteiger partial charge in [-0.3, -0.25) is 9.59 Å². The Morgan fingerprint density at radius 3 is 2.58 bits per heavy atom. The Morgan fingerprint density at radius 2 is 1.92 bits per heavy atom. The number of unbranched alkanes of at least 4 members (excludes halogenated alkanes) is 1. The molecule has 6 heteroatoms. The molecule has 5 nitrogen and oxygen atoms in total. The third-order valence-corrected chi connectivity index (χ3v) is 5.91. The van der Waals surface area contributed by atoms with E-state index in [9.17, 15) is 9.59 Å². The molecule has 0 unspecified atom stereocenters. The zero-order chi connectivity index (χ0) is 18.9. The first-order valence-corrected chi connectivity index (χ1v) is 10.6. The third-order valence-electron chi connectivity index (χ3n) is 4.93. The van der Waals surface area contributed by atoms with Crippen molar-refractivity contribution < 1.29 is 14.5 Å². The number of piperazine rings is 1. The number of hydrogen-bond acceptors (Lipinski definition) is 3. The maximum atomic E-state index is 12.4. The maximum Gasteiger partial charge on any atom is 0.275 e. The number of amides is 2. The summed E-state index contributed by atoms with van der Waals surface area (Å²) in [7, 11) is 0. The van der Waals surface area contributed by atoms with E-state index in [1.807, 2.05) is 4.90 Å². The van der Waals surface area contributed by atoms with Gasteiger partial charge in [-0.2, -0.15) is 0 Å². The second kappa shape index (κ2) is 10.6. The summed E-state index contributed by atoms with van der Waals surface area (Å²) < 4.78 is 0. The van der Waals surface area contributed by atoms with E-state index in [2.05, 4.69) is 44.3 Å². The predicted octanol–water partition coefficient (Wildman–Crippen LogP) is 1.04. The van der Waals surface area contributed by atoms with Crippen LogP contribution in [-0.2, 0) is 9.59 Å². The quantitative estimate of drug-likeness (QED) is 0.525. The number of aryl methyl sites for hydroxylation is 2. The molecule has 1 heterocycles. The van der Waals surface area contributed by atoms with Crippen LogP contribution in [0.15, 0.2) is 23.1 Å². The second-order valence-electron chi connectivity index (χ2n) is 7.05. The highest BCUT2D eigenvalue weighted by Gasteiger charge is 2.25. The highest BCUT2D eigenvalue weighted by molar-refractivity contribution is 8.00. The molecule has 0 aliphatic carbocycles. The molecule has 2 amide bonds. The van der Waals surface area contributed by atoms with Gasteiger partial charge in [-0.15, -0.1) is 11.8 Å². The van der Waals surface area contributed by atoms with E-state index in [0.717, 1.165) is 50.5 Å². The van der Waals surface area contributed by atoms with Crippen molar-refractivity contribution in [2.75, 3.05) is 45.0 Å². The molecule has 0 bridgehead atoms. The Bertz CT molecular complexity index is 613. The van der Waals surface area contributed by atoms with Gasteiger partial charge < -0.3 is 15.1 Å². The molecular formula is C20H32N3O2S+. The highest BCUT2D eigenvalue weighted by Crippen LogP contribution is 2.21. The molecule has 0 aromatic heterocycles. The lowest BCUT2D eigenvalue weighted by molar-refractivity contribution is -0.896. The molecule has 2 N–H and O–H groups in total. The fourth-order valence-electron chi connectivity index (χ4n) is 2.98. The predicted molar refractivity (Wildman–Crippen MR) is 107 cm³/mol. The van der Waals surface area contributed by atoms with Crippen LogP contribution in [0.2, 0.25) is 0 Å². The molecular weight excluding hydrogens is 346 g/mol. The lowest BCUT2D eigenvalue weighted by Crippen LogP contribution is -3.15. The van der Waals surface area contributed by atoms with Crippen molar-refractivity contribution >= 4 is 23.6 Å². The van der Waals surface area contributed by atoms with Crippen LogP contribution < -0.4 is 10.2 Å². The number of rotatable bonds is 8. The van der Waals surface area contributed by atoms with Gasteiger partial charge in [0.05, 0.1) is 31.9 Å². The smallest absolute Gasteiger partial charge is 0.275 e. The average molecular weight is 379 g/mol. The Hall–Kier alpha value is -1.53. The lowest BCUT2D eigenvalue weighted by Gasteiger charge is -2.31. The number of thioether (sulfide) groups is 1. The summed E-state index contributed by atoms with van der Waals surface area (Å²) in [6.45, 7) is 10.8. The van der Waals surface area contributed by atoms with Crippen molar-refractivity contribution in [3.8, 4) is 0 Å². The zero-order valence-corrected chi connectivity index (χ0v) is 17.1. The molecule has 1 aromatic carbocycles. The van der Waals surface area contributed by atoms with Crippen molar-refractivity contribution in [3.63, 3.8) is 0 Å². The van der Waals surface area contributed by atoms with Crippen molar-refractivity contribution in [1.29, 1.82) is 0 Å². The number of nitrogens with one attached hydrogen (secondary N) is 2. The summed E-state index contributed by atoms with van der Waals surface area (Å²) in [5.74, 6) is 0.799. The van der Waals surface area contributed by atoms with Crippen LogP contribution in [-0.4, -0.2) is 61.7 Å². The fourth-order valence-corrected chi connectivity index (χ4v) is 3.88. The fraction of sp³-hybridized carbons (Fsp3) is 0.600. The SMILES string of the molecule is CCCCNC(=O)C[NH+]1CCN(C(=O)CSc2ccc(C)c(C)c2)CC1. The molecule has 1 aromatic rings. The molecule has 2 rings (SSSR count). The Kier molecular flexibility index (Phi) is 8.45. The van der Waals surface area contributed by atoms with E-state index in [0.29, 0.717) is 12.3 Å². The molecule has 0 atom stereocenters. The van der Waals surface area contributed by atoms with Crippen LogP contribution in [0.25, 0.3) is 0 Å². The van der Waals surface area contributed by atoms with Gasteiger partial charge in [-0.25, -0.2) is 0 Å². The molecule has 1 fully saturated rings. The van der Waals surface area contributed by atoms with Crippen molar-refractivity contribution in [2.45, 2.75) is 38.5 Å². The highest BCUT2D eigenvalue weighted by atomic mass is 32.2. The first-order chi connectivity index (χ1) is 12.5. The van der Waals surface area contributed by atoms with E-state index >= 15 is 0 Å². The van der Waals surface area contributed by atoms with Crippen LogP contribution >= 0.6 is 11.8 Å². The summed E-state index contributed by atoms with van der Waals surface area (Å²) in [5, 5.41) is 2.97. The number of carbonyl (C=O) groups is 2. The average Bonchev–Trinajstić information content (AvgIpc) is 2.63. The third kappa shape index (κ3) is 6.65. The number of quaternary nitrogens is 1. The van der Waals surface area contributed by atoms with Gasteiger partial charge in [0.1, 0.15) is 0 Å². The Labute approximate surface area is 161 Å².